The number of halogens is 1. The van der Waals surface area contributed by atoms with Crippen molar-refractivity contribution in [2.75, 3.05) is 6.61 Å². The zero-order valence-corrected chi connectivity index (χ0v) is 13.1. The van der Waals surface area contributed by atoms with Crippen molar-refractivity contribution in [3.05, 3.63) is 64.3 Å². The van der Waals surface area contributed by atoms with Crippen molar-refractivity contribution in [2.45, 2.75) is 6.92 Å². The Bertz CT molecular complexity index is 790. The molecule has 3 aromatic rings. The van der Waals surface area contributed by atoms with Gasteiger partial charge in [0, 0.05) is 32.7 Å². The molecule has 0 spiro atoms. The van der Waals surface area contributed by atoms with Crippen LogP contribution in [0.3, 0.4) is 0 Å². The Hall–Kier alpha value is -2.07. The highest BCUT2D eigenvalue weighted by atomic mass is 79.9. The molecular formula is C17H14BrNO2. The Morgan fingerprint density at radius 2 is 1.95 bits per heavy atom. The Morgan fingerprint density at radius 1 is 1.19 bits per heavy atom. The first-order valence-electron chi connectivity index (χ1n) is 6.74. The van der Waals surface area contributed by atoms with Crippen LogP contribution in [0.5, 0.6) is 5.75 Å². The summed E-state index contributed by atoms with van der Waals surface area (Å²) in [6.45, 7) is 2.55. The van der Waals surface area contributed by atoms with Crippen molar-refractivity contribution < 1.29 is 9.53 Å². The summed E-state index contributed by atoms with van der Waals surface area (Å²) in [4.78, 5) is 15.8. The standard InChI is InChI=1S/C17H14BrNO2/c1-2-21-12-8-6-11(7-9-12)17(20)13-10-19-15-5-3-4-14(18)16(13)15/h3-10,19H,2H2,1H3. The van der Waals surface area contributed by atoms with Gasteiger partial charge in [-0.1, -0.05) is 22.0 Å². The molecule has 3 nitrogen and oxygen atoms in total. The topological polar surface area (TPSA) is 42.1 Å². The SMILES string of the molecule is CCOc1ccc(C(=O)c2c[nH]c3cccc(Br)c23)cc1. The number of aromatic amines is 1. The first-order chi connectivity index (χ1) is 10.2. The van der Waals surface area contributed by atoms with Crippen LogP contribution in [-0.4, -0.2) is 17.4 Å². The molecule has 21 heavy (non-hydrogen) atoms. The molecule has 0 fully saturated rings. The lowest BCUT2D eigenvalue weighted by Crippen LogP contribution is -2.01. The lowest BCUT2D eigenvalue weighted by Gasteiger charge is -2.04. The highest BCUT2D eigenvalue weighted by molar-refractivity contribution is 9.10. The van der Waals surface area contributed by atoms with Crippen LogP contribution in [0.4, 0.5) is 0 Å². The number of hydrogen-bond donors (Lipinski definition) is 1. The summed E-state index contributed by atoms with van der Waals surface area (Å²) in [7, 11) is 0. The molecule has 2 aromatic carbocycles. The van der Waals surface area contributed by atoms with Gasteiger partial charge in [0.1, 0.15) is 5.75 Å². The van der Waals surface area contributed by atoms with Gasteiger partial charge in [0.05, 0.1) is 6.61 Å². The third-order valence-electron chi connectivity index (χ3n) is 3.33. The number of ketones is 1. The summed E-state index contributed by atoms with van der Waals surface area (Å²) in [6.07, 6.45) is 1.76. The average Bonchev–Trinajstić information content (AvgIpc) is 2.93. The molecule has 0 radical (unpaired) electrons. The minimum Gasteiger partial charge on any atom is -0.494 e. The van der Waals surface area contributed by atoms with E-state index in [1.54, 1.807) is 18.3 Å². The molecular weight excluding hydrogens is 330 g/mol. The Labute approximate surface area is 131 Å². The van der Waals surface area contributed by atoms with Crippen molar-refractivity contribution in [1.82, 2.24) is 4.98 Å². The van der Waals surface area contributed by atoms with Gasteiger partial charge in [-0.3, -0.25) is 4.79 Å². The number of carbonyl (C=O) groups is 1. The summed E-state index contributed by atoms with van der Waals surface area (Å²) in [6, 6.07) is 13.1. The second-order valence-corrected chi connectivity index (χ2v) is 5.51. The van der Waals surface area contributed by atoms with E-state index in [1.165, 1.54) is 0 Å². The predicted molar refractivity (Wildman–Crippen MR) is 87.0 cm³/mol. The Balaban J connectivity index is 2.00. The highest BCUT2D eigenvalue weighted by Crippen LogP contribution is 2.28. The molecule has 0 aliphatic rings. The third kappa shape index (κ3) is 2.59. The van der Waals surface area contributed by atoms with Crippen molar-refractivity contribution in [3.8, 4) is 5.75 Å². The van der Waals surface area contributed by atoms with Crippen LogP contribution in [0.25, 0.3) is 10.9 Å². The Kier molecular flexibility index (Phi) is 3.80. The molecule has 0 unspecified atom stereocenters. The largest absolute Gasteiger partial charge is 0.494 e. The van der Waals surface area contributed by atoms with Crippen LogP contribution in [0.2, 0.25) is 0 Å². The molecule has 0 aliphatic carbocycles. The maximum absolute atomic E-state index is 12.7. The van der Waals surface area contributed by atoms with Gasteiger partial charge < -0.3 is 9.72 Å². The van der Waals surface area contributed by atoms with Gasteiger partial charge in [-0.2, -0.15) is 0 Å². The number of aromatic nitrogens is 1. The maximum atomic E-state index is 12.7. The van der Waals surface area contributed by atoms with Crippen LogP contribution < -0.4 is 4.74 Å². The molecule has 0 atom stereocenters. The van der Waals surface area contributed by atoms with E-state index >= 15 is 0 Å². The quantitative estimate of drug-likeness (QED) is 0.705. The summed E-state index contributed by atoms with van der Waals surface area (Å²) in [5, 5.41) is 0.913. The van der Waals surface area contributed by atoms with Crippen LogP contribution in [0, 0.1) is 0 Å². The molecule has 106 valence electrons. The molecule has 1 aromatic heterocycles. The van der Waals surface area contributed by atoms with E-state index in [0.717, 1.165) is 21.1 Å². The van der Waals surface area contributed by atoms with Crippen LogP contribution >= 0.6 is 15.9 Å². The second kappa shape index (κ2) is 5.74. The van der Waals surface area contributed by atoms with Crippen molar-refractivity contribution in [2.24, 2.45) is 0 Å². The smallest absolute Gasteiger partial charge is 0.195 e. The predicted octanol–water partition coefficient (Wildman–Crippen LogP) is 4.56. The molecule has 0 aliphatic heterocycles. The monoisotopic (exact) mass is 343 g/mol. The maximum Gasteiger partial charge on any atom is 0.195 e. The lowest BCUT2D eigenvalue weighted by atomic mass is 10.0. The van der Waals surface area contributed by atoms with Gasteiger partial charge in [0.15, 0.2) is 5.78 Å². The van der Waals surface area contributed by atoms with E-state index < -0.39 is 0 Å². The lowest BCUT2D eigenvalue weighted by molar-refractivity contribution is 0.104. The number of benzene rings is 2. The van der Waals surface area contributed by atoms with E-state index in [-0.39, 0.29) is 5.78 Å². The fourth-order valence-electron chi connectivity index (χ4n) is 2.34. The Morgan fingerprint density at radius 3 is 2.67 bits per heavy atom. The van der Waals surface area contributed by atoms with E-state index in [0.29, 0.717) is 17.7 Å². The number of ether oxygens (including phenoxy) is 1. The summed E-state index contributed by atoms with van der Waals surface area (Å²) in [5.74, 6) is 0.769. The minimum atomic E-state index is -0.00352. The van der Waals surface area contributed by atoms with Gasteiger partial charge in [0.25, 0.3) is 0 Å². The molecule has 0 saturated carbocycles. The average molecular weight is 344 g/mol. The molecule has 1 N–H and O–H groups in total. The van der Waals surface area contributed by atoms with Gasteiger partial charge in [-0.15, -0.1) is 0 Å². The van der Waals surface area contributed by atoms with Gasteiger partial charge in [0.2, 0.25) is 0 Å². The van der Waals surface area contributed by atoms with Crippen LogP contribution in [0.15, 0.2) is 53.1 Å². The zero-order valence-electron chi connectivity index (χ0n) is 11.5. The first kappa shape index (κ1) is 13.9. The number of fused-ring (bicyclic) bond motifs is 1. The fourth-order valence-corrected chi connectivity index (χ4v) is 2.92. The zero-order chi connectivity index (χ0) is 14.8. The van der Waals surface area contributed by atoms with Gasteiger partial charge in [-0.05, 0) is 43.3 Å². The van der Waals surface area contributed by atoms with E-state index in [2.05, 4.69) is 20.9 Å². The summed E-state index contributed by atoms with van der Waals surface area (Å²) in [5.41, 5.74) is 2.26. The van der Waals surface area contributed by atoms with Crippen molar-refractivity contribution >= 4 is 32.6 Å². The highest BCUT2D eigenvalue weighted by Gasteiger charge is 2.16. The molecule has 0 amide bonds. The first-order valence-corrected chi connectivity index (χ1v) is 7.53. The molecule has 1 heterocycles. The molecule has 0 saturated heterocycles. The van der Waals surface area contributed by atoms with Crippen molar-refractivity contribution in [1.29, 1.82) is 0 Å². The van der Waals surface area contributed by atoms with E-state index in [4.69, 9.17) is 4.74 Å². The third-order valence-corrected chi connectivity index (χ3v) is 3.99. The number of rotatable bonds is 4. The van der Waals surface area contributed by atoms with Crippen molar-refractivity contribution in [3.63, 3.8) is 0 Å². The molecule has 4 heteroatoms. The number of nitrogens with one attached hydrogen (secondary N) is 1. The van der Waals surface area contributed by atoms with E-state index in [1.807, 2.05) is 37.3 Å². The van der Waals surface area contributed by atoms with E-state index in [9.17, 15) is 4.79 Å². The number of carbonyl (C=O) groups excluding carboxylic acids is 1. The second-order valence-electron chi connectivity index (χ2n) is 4.65. The van der Waals surface area contributed by atoms with Crippen LogP contribution in [-0.2, 0) is 0 Å². The van der Waals surface area contributed by atoms with Gasteiger partial charge >= 0.3 is 0 Å². The van der Waals surface area contributed by atoms with Gasteiger partial charge in [-0.25, -0.2) is 0 Å². The molecule has 3 rings (SSSR count). The fraction of sp³-hybridized carbons (Fsp3) is 0.118. The summed E-state index contributed by atoms with van der Waals surface area (Å²) < 4.78 is 6.31. The number of hydrogen-bond acceptors (Lipinski definition) is 2. The van der Waals surface area contributed by atoms with Crippen LogP contribution in [0.1, 0.15) is 22.8 Å². The number of H-pyrrole nitrogens is 1. The molecule has 0 bridgehead atoms. The minimum absolute atomic E-state index is 0.00352. The normalized spacial score (nSPS) is 10.8. The summed E-state index contributed by atoms with van der Waals surface area (Å²) >= 11 is 3.51.